The van der Waals surface area contributed by atoms with Crippen LogP contribution >= 0.6 is 0 Å². The Kier molecular flexibility index (Phi) is 1.71. The molecule has 1 unspecified atom stereocenters. The van der Waals surface area contributed by atoms with E-state index in [2.05, 4.69) is 6.92 Å². The first-order chi connectivity index (χ1) is 4.86. The van der Waals surface area contributed by atoms with Crippen LogP contribution in [0.25, 0.3) is 0 Å². The highest BCUT2D eigenvalue weighted by Crippen LogP contribution is 2.42. The van der Waals surface area contributed by atoms with Gasteiger partial charge < -0.3 is 0 Å². The van der Waals surface area contributed by atoms with Crippen molar-refractivity contribution in [2.24, 2.45) is 17.8 Å². The summed E-state index contributed by atoms with van der Waals surface area (Å²) >= 11 is 0. The predicted octanol–water partition coefficient (Wildman–Crippen LogP) is 3.22. The van der Waals surface area contributed by atoms with Crippen LogP contribution in [0.3, 0.4) is 0 Å². The fourth-order valence-corrected chi connectivity index (χ4v) is 2.11. The molecule has 2 fully saturated rings. The second kappa shape index (κ2) is 2.56. The summed E-state index contributed by atoms with van der Waals surface area (Å²) in [5.74, 6) is 3.33. The topological polar surface area (TPSA) is 0 Å². The molecule has 1 atom stereocenters. The molecule has 0 spiro atoms. The molecule has 0 saturated heterocycles. The van der Waals surface area contributed by atoms with Crippen LogP contribution in [0.5, 0.6) is 0 Å². The minimum absolute atomic E-state index is 1.06. The summed E-state index contributed by atoms with van der Waals surface area (Å²) in [6, 6.07) is 0. The molecule has 2 saturated carbocycles. The minimum atomic E-state index is 1.06. The molecule has 0 aromatic rings. The van der Waals surface area contributed by atoms with Crippen molar-refractivity contribution in [1.82, 2.24) is 0 Å². The standard InChI is InChI=1S/C10H18/c1-8(10-5-6-10)7-9-3-2-4-9/h8-10H,2-7H2,1H3. The molecule has 0 nitrogen and oxygen atoms in total. The van der Waals surface area contributed by atoms with Crippen LogP contribution in [0.2, 0.25) is 0 Å². The van der Waals surface area contributed by atoms with Gasteiger partial charge in [0.05, 0.1) is 0 Å². The summed E-state index contributed by atoms with van der Waals surface area (Å²) in [5.41, 5.74) is 0. The lowest BCUT2D eigenvalue weighted by atomic mass is 9.78. The van der Waals surface area contributed by atoms with E-state index in [0.29, 0.717) is 0 Å². The Morgan fingerprint density at radius 1 is 1.20 bits per heavy atom. The summed E-state index contributed by atoms with van der Waals surface area (Å²) in [6.07, 6.45) is 9.21. The third-order valence-electron chi connectivity index (χ3n) is 3.36. The molecule has 0 amide bonds. The lowest BCUT2D eigenvalue weighted by molar-refractivity contribution is 0.245. The van der Waals surface area contributed by atoms with E-state index < -0.39 is 0 Å². The largest absolute Gasteiger partial charge is 0.0622 e. The summed E-state index contributed by atoms with van der Waals surface area (Å²) in [7, 11) is 0. The van der Waals surface area contributed by atoms with Gasteiger partial charge in [0.15, 0.2) is 0 Å². The van der Waals surface area contributed by atoms with E-state index >= 15 is 0 Å². The molecule has 58 valence electrons. The SMILES string of the molecule is CC(CC1CCC1)C1CC1. The Labute approximate surface area is 64.0 Å². The van der Waals surface area contributed by atoms with Crippen molar-refractivity contribution >= 4 is 0 Å². The molecule has 0 heterocycles. The third kappa shape index (κ3) is 1.36. The van der Waals surface area contributed by atoms with Gasteiger partial charge in [-0.2, -0.15) is 0 Å². The number of hydrogen-bond donors (Lipinski definition) is 0. The zero-order valence-corrected chi connectivity index (χ0v) is 6.97. The van der Waals surface area contributed by atoms with Gasteiger partial charge in [-0.1, -0.05) is 26.2 Å². The number of rotatable bonds is 3. The second-order valence-electron chi connectivity index (χ2n) is 4.35. The average Bonchev–Trinajstić information content (AvgIpc) is 2.58. The van der Waals surface area contributed by atoms with Crippen LogP contribution in [0, 0.1) is 17.8 Å². The molecule has 0 radical (unpaired) electrons. The first-order valence-electron chi connectivity index (χ1n) is 4.86. The summed E-state index contributed by atoms with van der Waals surface area (Å²) in [6.45, 7) is 2.45. The van der Waals surface area contributed by atoms with Crippen LogP contribution in [0.15, 0.2) is 0 Å². The lowest BCUT2D eigenvalue weighted by Gasteiger charge is -2.28. The van der Waals surface area contributed by atoms with Crippen molar-refractivity contribution in [3.63, 3.8) is 0 Å². The van der Waals surface area contributed by atoms with Crippen molar-refractivity contribution in [3.05, 3.63) is 0 Å². The van der Waals surface area contributed by atoms with Gasteiger partial charge in [-0.15, -0.1) is 0 Å². The van der Waals surface area contributed by atoms with Crippen molar-refractivity contribution in [3.8, 4) is 0 Å². The molecular formula is C10H18. The normalized spacial score (nSPS) is 29.7. The zero-order valence-electron chi connectivity index (χ0n) is 6.97. The molecule has 0 aromatic heterocycles. The Morgan fingerprint density at radius 2 is 1.90 bits per heavy atom. The fraction of sp³-hybridized carbons (Fsp3) is 1.00. The van der Waals surface area contributed by atoms with Gasteiger partial charge in [0.2, 0.25) is 0 Å². The zero-order chi connectivity index (χ0) is 6.97. The smallest absolute Gasteiger partial charge is 0.0388 e. The van der Waals surface area contributed by atoms with E-state index in [4.69, 9.17) is 0 Å². The van der Waals surface area contributed by atoms with Crippen LogP contribution < -0.4 is 0 Å². The van der Waals surface area contributed by atoms with E-state index in [9.17, 15) is 0 Å². The minimum Gasteiger partial charge on any atom is -0.0622 e. The molecule has 10 heavy (non-hydrogen) atoms. The summed E-state index contributed by atoms with van der Waals surface area (Å²) < 4.78 is 0. The third-order valence-corrected chi connectivity index (χ3v) is 3.36. The number of hydrogen-bond acceptors (Lipinski definition) is 0. The molecule has 0 aromatic carbocycles. The van der Waals surface area contributed by atoms with E-state index in [0.717, 1.165) is 17.8 Å². The maximum absolute atomic E-state index is 2.45. The second-order valence-corrected chi connectivity index (χ2v) is 4.35. The molecule has 2 rings (SSSR count). The maximum atomic E-state index is 2.45. The molecule has 2 aliphatic rings. The van der Waals surface area contributed by atoms with Crippen molar-refractivity contribution in [2.75, 3.05) is 0 Å². The van der Waals surface area contributed by atoms with Gasteiger partial charge in [-0.3, -0.25) is 0 Å². The molecule has 0 bridgehead atoms. The lowest BCUT2D eigenvalue weighted by Crippen LogP contribution is -2.15. The maximum Gasteiger partial charge on any atom is -0.0388 e. The van der Waals surface area contributed by atoms with E-state index in [-0.39, 0.29) is 0 Å². The molecule has 0 N–H and O–H groups in total. The van der Waals surface area contributed by atoms with Gasteiger partial charge >= 0.3 is 0 Å². The van der Waals surface area contributed by atoms with Gasteiger partial charge in [0, 0.05) is 0 Å². The van der Waals surface area contributed by atoms with Crippen LogP contribution in [0.1, 0.15) is 45.4 Å². The Bertz CT molecular complexity index is 109. The first-order valence-corrected chi connectivity index (χ1v) is 4.86. The quantitative estimate of drug-likeness (QED) is 0.561. The van der Waals surface area contributed by atoms with E-state index in [1.807, 2.05) is 0 Å². The van der Waals surface area contributed by atoms with Crippen molar-refractivity contribution < 1.29 is 0 Å². The predicted molar refractivity (Wildman–Crippen MR) is 43.8 cm³/mol. The highest BCUT2D eigenvalue weighted by molar-refractivity contribution is 4.82. The average molecular weight is 138 g/mol. The monoisotopic (exact) mass is 138 g/mol. The van der Waals surface area contributed by atoms with E-state index in [1.165, 1.54) is 32.1 Å². The van der Waals surface area contributed by atoms with Crippen LogP contribution in [0.4, 0.5) is 0 Å². The summed E-state index contributed by atoms with van der Waals surface area (Å²) in [5, 5.41) is 0. The van der Waals surface area contributed by atoms with Crippen LogP contribution in [-0.4, -0.2) is 0 Å². The van der Waals surface area contributed by atoms with Crippen LogP contribution in [-0.2, 0) is 0 Å². The van der Waals surface area contributed by atoms with Gasteiger partial charge in [-0.05, 0) is 37.0 Å². The van der Waals surface area contributed by atoms with Gasteiger partial charge in [0.25, 0.3) is 0 Å². The van der Waals surface area contributed by atoms with Gasteiger partial charge in [0.1, 0.15) is 0 Å². The van der Waals surface area contributed by atoms with Crippen molar-refractivity contribution in [1.29, 1.82) is 0 Å². The molecule has 2 aliphatic carbocycles. The molecular weight excluding hydrogens is 120 g/mol. The fourth-order valence-electron chi connectivity index (χ4n) is 2.11. The highest BCUT2D eigenvalue weighted by Gasteiger charge is 2.30. The van der Waals surface area contributed by atoms with Gasteiger partial charge in [-0.25, -0.2) is 0 Å². The van der Waals surface area contributed by atoms with Crippen molar-refractivity contribution in [2.45, 2.75) is 45.4 Å². The highest BCUT2D eigenvalue weighted by atomic mass is 14.4. The first kappa shape index (κ1) is 6.69. The van der Waals surface area contributed by atoms with E-state index in [1.54, 1.807) is 6.42 Å². The molecule has 0 heteroatoms. The Balaban J connectivity index is 1.67. The Hall–Kier alpha value is 0. The molecule has 0 aliphatic heterocycles. The summed E-state index contributed by atoms with van der Waals surface area (Å²) in [4.78, 5) is 0. The Morgan fingerprint density at radius 3 is 2.30 bits per heavy atom.